The summed E-state index contributed by atoms with van der Waals surface area (Å²) in [6.45, 7) is 5.23. The zero-order valence-electron chi connectivity index (χ0n) is 14.4. The lowest BCUT2D eigenvalue weighted by atomic mass is 10.1. The van der Waals surface area contributed by atoms with Crippen molar-refractivity contribution >= 4 is 11.8 Å². The summed E-state index contributed by atoms with van der Waals surface area (Å²) >= 11 is 0. The first-order valence-corrected chi connectivity index (χ1v) is 8.87. The number of hydrogen-bond donors (Lipinski definition) is 0. The van der Waals surface area contributed by atoms with Gasteiger partial charge in [0.05, 0.1) is 13.2 Å². The van der Waals surface area contributed by atoms with Crippen LogP contribution in [0.15, 0.2) is 24.3 Å². The topological polar surface area (TPSA) is 49.9 Å². The van der Waals surface area contributed by atoms with Crippen molar-refractivity contribution in [3.63, 3.8) is 0 Å². The molecule has 5 nitrogen and oxygen atoms in total. The highest BCUT2D eigenvalue weighted by atomic mass is 16.5. The summed E-state index contributed by atoms with van der Waals surface area (Å²) in [5.41, 5.74) is 2.39. The summed E-state index contributed by atoms with van der Waals surface area (Å²) < 4.78 is 5.31. The number of carbonyl (C=O) groups is 2. The van der Waals surface area contributed by atoms with E-state index in [1.54, 1.807) is 4.90 Å². The van der Waals surface area contributed by atoms with Crippen LogP contribution < -0.4 is 0 Å². The number of carbonyl (C=O) groups excluding carboxylic acids is 2. The van der Waals surface area contributed by atoms with Crippen LogP contribution in [0.4, 0.5) is 0 Å². The fourth-order valence-corrected chi connectivity index (χ4v) is 3.47. The van der Waals surface area contributed by atoms with E-state index in [0.29, 0.717) is 39.3 Å². The molecule has 0 N–H and O–H groups in total. The first kappa shape index (κ1) is 17.0. The van der Waals surface area contributed by atoms with Gasteiger partial charge in [0.2, 0.25) is 11.8 Å². The lowest BCUT2D eigenvalue weighted by Crippen LogP contribution is -2.51. The lowest BCUT2D eigenvalue weighted by Gasteiger charge is -2.32. The number of morpholine rings is 1. The molecule has 0 radical (unpaired) electrons. The quantitative estimate of drug-likeness (QED) is 0.845. The van der Waals surface area contributed by atoms with Gasteiger partial charge in [-0.3, -0.25) is 9.59 Å². The van der Waals surface area contributed by atoms with Crippen LogP contribution in [0, 0.1) is 6.92 Å². The Morgan fingerprint density at radius 2 is 1.83 bits per heavy atom. The maximum atomic E-state index is 12.7. The van der Waals surface area contributed by atoms with Crippen LogP contribution in [-0.2, 0) is 20.7 Å². The number of benzene rings is 1. The molecule has 0 spiro atoms. The van der Waals surface area contributed by atoms with Crippen molar-refractivity contribution in [2.45, 2.75) is 38.6 Å². The molecule has 2 heterocycles. The molecule has 5 heteroatoms. The van der Waals surface area contributed by atoms with Crippen molar-refractivity contribution in [2.75, 3.05) is 32.8 Å². The highest BCUT2D eigenvalue weighted by Crippen LogP contribution is 2.21. The Kier molecular flexibility index (Phi) is 5.51. The number of nitrogens with zero attached hydrogens (tertiary/aromatic N) is 2. The lowest BCUT2D eigenvalue weighted by molar-refractivity contribution is -0.146. The average molecular weight is 330 g/mol. The SMILES string of the molecule is Cc1ccc(CCC(=O)N2CCC[C@H]2C(=O)N2CCOCC2)cc1. The van der Waals surface area contributed by atoms with Gasteiger partial charge in [0.15, 0.2) is 0 Å². The molecule has 1 aromatic carbocycles. The van der Waals surface area contributed by atoms with Gasteiger partial charge in [0.1, 0.15) is 6.04 Å². The third-order valence-corrected chi connectivity index (χ3v) is 4.93. The summed E-state index contributed by atoms with van der Waals surface area (Å²) in [5, 5.41) is 0. The van der Waals surface area contributed by atoms with Crippen molar-refractivity contribution in [1.29, 1.82) is 0 Å². The minimum atomic E-state index is -0.270. The summed E-state index contributed by atoms with van der Waals surface area (Å²) in [4.78, 5) is 29.0. The van der Waals surface area contributed by atoms with Crippen LogP contribution >= 0.6 is 0 Å². The maximum absolute atomic E-state index is 12.7. The van der Waals surface area contributed by atoms with E-state index in [-0.39, 0.29) is 17.9 Å². The maximum Gasteiger partial charge on any atom is 0.245 e. The van der Waals surface area contributed by atoms with Crippen LogP contribution in [-0.4, -0.2) is 60.5 Å². The molecule has 2 aliphatic rings. The zero-order valence-corrected chi connectivity index (χ0v) is 14.4. The van der Waals surface area contributed by atoms with Gasteiger partial charge in [0, 0.05) is 26.1 Å². The van der Waals surface area contributed by atoms with Crippen LogP contribution in [0.25, 0.3) is 0 Å². The summed E-state index contributed by atoms with van der Waals surface area (Å²) in [6, 6.07) is 8.01. The minimum absolute atomic E-state index is 0.0967. The Balaban J connectivity index is 1.56. The highest BCUT2D eigenvalue weighted by molar-refractivity contribution is 5.88. The van der Waals surface area contributed by atoms with E-state index in [1.807, 2.05) is 4.90 Å². The Morgan fingerprint density at radius 1 is 1.12 bits per heavy atom. The molecule has 2 saturated heterocycles. The Morgan fingerprint density at radius 3 is 2.54 bits per heavy atom. The first-order chi connectivity index (χ1) is 11.6. The van der Waals surface area contributed by atoms with Crippen molar-refractivity contribution < 1.29 is 14.3 Å². The van der Waals surface area contributed by atoms with Gasteiger partial charge in [-0.15, -0.1) is 0 Å². The summed E-state index contributed by atoms with van der Waals surface area (Å²) in [6.07, 6.45) is 2.90. The highest BCUT2D eigenvalue weighted by Gasteiger charge is 2.36. The van der Waals surface area contributed by atoms with Crippen molar-refractivity contribution in [2.24, 2.45) is 0 Å². The van der Waals surface area contributed by atoms with Gasteiger partial charge in [-0.25, -0.2) is 0 Å². The van der Waals surface area contributed by atoms with Gasteiger partial charge >= 0.3 is 0 Å². The second-order valence-electron chi connectivity index (χ2n) is 6.67. The second kappa shape index (κ2) is 7.79. The van der Waals surface area contributed by atoms with Gasteiger partial charge < -0.3 is 14.5 Å². The third kappa shape index (κ3) is 3.96. The second-order valence-corrected chi connectivity index (χ2v) is 6.67. The molecule has 0 aliphatic carbocycles. The number of rotatable bonds is 4. The van der Waals surface area contributed by atoms with Gasteiger partial charge in [-0.1, -0.05) is 29.8 Å². The predicted molar refractivity (Wildman–Crippen MR) is 91.6 cm³/mol. The minimum Gasteiger partial charge on any atom is -0.378 e. The average Bonchev–Trinajstić information content (AvgIpc) is 3.11. The molecular formula is C19H26N2O3. The third-order valence-electron chi connectivity index (χ3n) is 4.93. The molecule has 1 atom stereocenters. The zero-order chi connectivity index (χ0) is 16.9. The number of ether oxygens (including phenoxy) is 1. The van der Waals surface area contributed by atoms with E-state index in [0.717, 1.165) is 19.3 Å². The van der Waals surface area contributed by atoms with E-state index < -0.39 is 0 Å². The predicted octanol–water partition coefficient (Wildman–Crippen LogP) is 1.78. The number of hydrogen-bond acceptors (Lipinski definition) is 3. The number of likely N-dealkylation sites (tertiary alicyclic amines) is 1. The molecule has 0 bridgehead atoms. The van der Waals surface area contributed by atoms with E-state index in [2.05, 4.69) is 31.2 Å². The molecule has 130 valence electrons. The van der Waals surface area contributed by atoms with E-state index in [4.69, 9.17) is 4.74 Å². The largest absolute Gasteiger partial charge is 0.378 e. The molecular weight excluding hydrogens is 304 g/mol. The van der Waals surface area contributed by atoms with E-state index >= 15 is 0 Å². The fraction of sp³-hybridized carbons (Fsp3) is 0.579. The normalized spacial score (nSPS) is 21.1. The summed E-state index contributed by atoms with van der Waals surface area (Å²) in [7, 11) is 0. The van der Waals surface area contributed by atoms with Gasteiger partial charge in [-0.05, 0) is 31.7 Å². The van der Waals surface area contributed by atoms with E-state index in [1.165, 1.54) is 11.1 Å². The van der Waals surface area contributed by atoms with Gasteiger partial charge in [0.25, 0.3) is 0 Å². The van der Waals surface area contributed by atoms with Crippen molar-refractivity contribution in [1.82, 2.24) is 9.80 Å². The molecule has 1 aromatic rings. The monoisotopic (exact) mass is 330 g/mol. The molecule has 2 aliphatic heterocycles. The Labute approximate surface area is 143 Å². The first-order valence-electron chi connectivity index (χ1n) is 8.87. The molecule has 0 aromatic heterocycles. The molecule has 2 amide bonds. The van der Waals surface area contributed by atoms with Crippen LogP contribution in [0.3, 0.4) is 0 Å². The fourth-order valence-electron chi connectivity index (χ4n) is 3.47. The van der Waals surface area contributed by atoms with Crippen LogP contribution in [0.5, 0.6) is 0 Å². The van der Waals surface area contributed by atoms with Crippen molar-refractivity contribution in [3.05, 3.63) is 35.4 Å². The van der Waals surface area contributed by atoms with Crippen molar-refractivity contribution in [3.8, 4) is 0 Å². The van der Waals surface area contributed by atoms with Crippen LogP contribution in [0.1, 0.15) is 30.4 Å². The molecule has 3 rings (SSSR count). The number of amides is 2. The Bertz CT molecular complexity index is 579. The number of aryl methyl sites for hydroxylation is 2. The summed E-state index contributed by atoms with van der Waals surface area (Å²) in [5.74, 6) is 0.194. The van der Waals surface area contributed by atoms with Crippen LogP contribution in [0.2, 0.25) is 0 Å². The molecule has 24 heavy (non-hydrogen) atoms. The van der Waals surface area contributed by atoms with E-state index in [9.17, 15) is 9.59 Å². The molecule has 2 fully saturated rings. The standard InChI is InChI=1S/C19H26N2O3/c1-15-4-6-16(7-5-15)8-9-18(22)21-10-2-3-17(21)19(23)20-11-13-24-14-12-20/h4-7,17H,2-3,8-14H2,1H3/t17-/m0/s1. The van der Waals surface area contributed by atoms with Gasteiger partial charge in [-0.2, -0.15) is 0 Å². The molecule has 0 saturated carbocycles. The smallest absolute Gasteiger partial charge is 0.245 e. The molecule has 0 unspecified atom stereocenters. The Hall–Kier alpha value is -1.88.